The normalized spacial score (nSPS) is 14.6. The molecule has 13 heavy (non-hydrogen) atoms. The zero-order valence-corrected chi connectivity index (χ0v) is 6.69. The molecule has 0 fully saturated rings. The third kappa shape index (κ3) is 0.729. The van der Waals surface area contributed by atoms with Crippen molar-refractivity contribution in [3.63, 3.8) is 0 Å². The minimum Gasteiger partial charge on any atom is -0.347 e. The van der Waals surface area contributed by atoms with Gasteiger partial charge in [-0.05, 0) is 6.07 Å². The number of amides is 1. The second-order valence-corrected chi connectivity index (χ2v) is 2.92. The van der Waals surface area contributed by atoms with E-state index in [1.807, 2.05) is 12.1 Å². The van der Waals surface area contributed by atoms with E-state index in [1.54, 1.807) is 4.52 Å². The molecule has 5 nitrogen and oxygen atoms in total. The molecular weight excluding hydrogens is 168 g/mol. The number of nitrogens with one attached hydrogen (secondary N) is 1. The van der Waals surface area contributed by atoms with Gasteiger partial charge in [0.05, 0.1) is 0 Å². The Kier molecular flexibility index (Phi) is 1.05. The van der Waals surface area contributed by atoms with Crippen molar-refractivity contribution in [3.8, 4) is 0 Å². The van der Waals surface area contributed by atoms with Crippen LogP contribution in [-0.4, -0.2) is 20.5 Å². The minimum absolute atomic E-state index is 0.0777. The van der Waals surface area contributed by atoms with Crippen LogP contribution in [0.5, 0.6) is 0 Å². The second-order valence-electron chi connectivity index (χ2n) is 2.92. The van der Waals surface area contributed by atoms with Gasteiger partial charge in [0, 0.05) is 12.1 Å². The van der Waals surface area contributed by atoms with Gasteiger partial charge in [0.15, 0.2) is 5.65 Å². The molecule has 3 rings (SSSR count). The summed E-state index contributed by atoms with van der Waals surface area (Å²) >= 11 is 0. The number of pyridine rings is 1. The summed E-state index contributed by atoms with van der Waals surface area (Å²) in [7, 11) is 0. The Morgan fingerprint density at radius 1 is 1.46 bits per heavy atom. The summed E-state index contributed by atoms with van der Waals surface area (Å²) in [5, 5.41) is 6.72. The van der Waals surface area contributed by atoms with Crippen molar-refractivity contribution in [3.05, 3.63) is 29.7 Å². The molecule has 2 aromatic rings. The van der Waals surface area contributed by atoms with Crippen molar-refractivity contribution < 1.29 is 4.79 Å². The lowest BCUT2D eigenvalue weighted by Gasteiger charge is -1.97. The molecular formula is C8H6N4O. The molecule has 0 atom stereocenters. The van der Waals surface area contributed by atoms with Gasteiger partial charge in [0.1, 0.15) is 12.0 Å². The van der Waals surface area contributed by atoms with Crippen molar-refractivity contribution in [2.75, 3.05) is 0 Å². The van der Waals surface area contributed by atoms with Crippen LogP contribution in [-0.2, 0) is 6.54 Å². The highest BCUT2D eigenvalue weighted by molar-refractivity contribution is 5.97. The van der Waals surface area contributed by atoms with Gasteiger partial charge in [0.25, 0.3) is 5.91 Å². The lowest BCUT2D eigenvalue weighted by Crippen LogP contribution is -2.15. The van der Waals surface area contributed by atoms with Crippen molar-refractivity contribution in [2.24, 2.45) is 0 Å². The summed E-state index contributed by atoms with van der Waals surface area (Å²) < 4.78 is 1.57. The van der Waals surface area contributed by atoms with Crippen LogP contribution in [0.25, 0.3) is 5.65 Å². The highest BCUT2D eigenvalue weighted by atomic mass is 16.2. The summed E-state index contributed by atoms with van der Waals surface area (Å²) in [5.74, 6) is -0.0777. The van der Waals surface area contributed by atoms with Gasteiger partial charge in [0.2, 0.25) is 0 Å². The Morgan fingerprint density at radius 2 is 2.38 bits per heavy atom. The molecule has 1 N–H and O–H groups in total. The van der Waals surface area contributed by atoms with E-state index in [-0.39, 0.29) is 5.91 Å². The van der Waals surface area contributed by atoms with Crippen LogP contribution in [0.2, 0.25) is 0 Å². The van der Waals surface area contributed by atoms with Gasteiger partial charge in [-0.1, -0.05) is 6.07 Å². The molecule has 0 aromatic carbocycles. The number of aromatic nitrogens is 3. The fourth-order valence-corrected chi connectivity index (χ4v) is 1.57. The zero-order valence-electron chi connectivity index (χ0n) is 6.69. The molecule has 1 aliphatic rings. The fourth-order valence-electron chi connectivity index (χ4n) is 1.57. The van der Waals surface area contributed by atoms with Crippen LogP contribution in [0, 0.1) is 0 Å². The molecule has 0 saturated heterocycles. The van der Waals surface area contributed by atoms with Gasteiger partial charge >= 0.3 is 0 Å². The molecule has 3 heterocycles. The Hall–Kier alpha value is -1.91. The molecule has 0 radical (unpaired) electrons. The summed E-state index contributed by atoms with van der Waals surface area (Å²) in [5.41, 5.74) is 2.29. The minimum atomic E-state index is -0.0777. The molecule has 64 valence electrons. The van der Waals surface area contributed by atoms with Gasteiger partial charge in [-0.3, -0.25) is 4.79 Å². The van der Waals surface area contributed by atoms with E-state index in [2.05, 4.69) is 15.4 Å². The third-order valence-corrected chi connectivity index (χ3v) is 2.18. The van der Waals surface area contributed by atoms with Crippen LogP contribution in [0.3, 0.4) is 0 Å². The number of carbonyl (C=O) groups is 1. The Bertz CT molecular complexity index is 502. The predicted molar refractivity (Wildman–Crippen MR) is 44.2 cm³/mol. The maximum atomic E-state index is 11.4. The molecule has 1 amide bonds. The first-order valence-electron chi connectivity index (χ1n) is 3.96. The van der Waals surface area contributed by atoms with Crippen molar-refractivity contribution in [1.82, 2.24) is 19.9 Å². The van der Waals surface area contributed by atoms with E-state index in [1.165, 1.54) is 6.33 Å². The Balaban J connectivity index is 2.49. The number of hydrogen-bond donors (Lipinski definition) is 1. The van der Waals surface area contributed by atoms with Crippen molar-refractivity contribution >= 4 is 11.6 Å². The van der Waals surface area contributed by atoms with E-state index in [9.17, 15) is 4.79 Å². The predicted octanol–water partition coefficient (Wildman–Crippen LogP) is -0.0273. The number of hydrogen-bond acceptors (Lipinski definition) is 3. The second kappa shape index (κ2) is 2.07. The number of nitrogens with zero attached hydrogens (tertiary/aromatic N) is 3. The average Bonchev–Trinajstić information content (AvgIpc) is 2.70. The highest BCUT2D eigenvalue weighted by Crippen LogP contribution is 2.15. The van der Waals surface area contributed by atoms with Gasteiger partial charge in [-0.25, -0.2) is 9.50 Å². The number of fused-ring (bicyclic) bond motifs is 3. The van der Waals surface area contributed by atoms with Crippen LogP contribution in [0.15, 0.2) is 18.5 Å². The molecule has 5 heteroatoms. The van der Waals surface area contributed by atoms with Gasteiger partial charge < -0.3 is 5.32 Å². The topological polar surface area (TPSA) is 59.3 Å². The standard InChI is InChI=1S/C8H6N4O/c13-8-7-5(3-9-8)1-2-6-10-4-11-12(6)7/h1-2,4H,3H2,(H,9,13). The first-order chi connectivity index (χ1) is 6.36. The molecule has 1 aliphatic heterocycles. The summed E-state index contributed by atoms with van der Waals surface area (Å²) in [6.07, 6.45) is 1.45. The van der Waals surface area contributed by atoms with Crippen LogP contribution in [0.4, 0.5) is 0 Å². The molecule has 2 aromatic heterocycles. The van der Waals surface area contributed by atoms with Crippen LogP contribution >= 0.6 is 0 Å². The maximum absolute atomic E-state index is 11.4. The smallest absolute Gasteiger partial charge is 0.270 e. The molecule has 0 unspecified atom stereocenters. The SMILES string of the molecule is O=C1NCc2ccc3ncnn3c21. The van der Waals surface area contributed by atoms with Crippen molar-refractivity contribution in [1.29, 1.82) is 0 Å². The maximum Gasteiger partial charge on any atom is 0.270 e. The summed E-state index contributed by atoms with van der Waals surface area (Å²) in [6, 6.07) is 3.75. The Labute approximate surface area is 73.4 Å². The van der Waals surface area contributed by atoms with E-state index in [4.69, 9.17) is 0 Å². The van der Waals surface area contributed by atoms with E-state index >= 15 is 0 Å². The largest absolute Gasteiger partial charge is 0.347 e. The van der Waals surface area contributed by atoms with Crippen molar-refractivity contribution in [2.45, 2.75) is 6.54 Å². The zero-order chi connectivity index (χ0) is 8.84. The molecule has 0 saturated carbocycles. The quantitative estimate of drug-likeness (QED) is 0.610. The molecule has 0 spiro atoms. The monoisotopic (exact) mass is 174 g/mol. The highest BCUT2D eigenvalue weighted by Gasteiger charge is 2.22. The average molecular weight is 174 g/mol. The number of rotatable bonds is 0. The third-order valence-electron chi connectivity index (χ3n) is 2.18. The fraction of sp³-hybridized carbons (Fsp3) is 0.125. The molecule has 0 bridgehead atoms. The van der Waals surface area contributed by atoms with E-state index in [0.29, 0.717) is 17.9 Å². The van der Waals surface area contributed by atoms with Crippen LogP contribution < -0.4 is 5.32 Å². The summed E-state index contributed by atoms with van der Waals surface area (Å²) in [6.45, 7) is 0.587. The lowest BCUT2D eigenvalue weighted by atomic mass is 10.2. The van der Waals surface area contributed by atoms with Gasteiger partial charge in [-0.15, -0.1) is 0 Å². The Morgan fingerprint density at radius 3 is 3.31 bits per heavy atom. The van der Waals surface area contributed by atoms with E-state index in [0.717, 1.165) is 5.56 Å². The first-order valence-corrected chi connectivity index (χ1v) is 3.96. The van der Waals surface area contributed by atoms with Crippen LogP contribution in [0.1, 0.15) is 16.1 Å². The lowest BCUT2D eigenvalue weighted by molar-refractivity contribution is 0.0959. The molecule has 0 aliphatic carbocycles. The number of carbonyl (C=O) groups excluding carboxylic acids is 1. The first kappa shape index (κ1) is 6.59. The van der Waals surface area contributed by atoms with Gasteiger partial charge in [-0.2, -0.15) is 5.10 Å². The summed E-state index contributed by atoms with van der Waals surface area (Å²) in [4.78, 5) is 15.4. The van der Waals surface area contributed by atoms with E-state index < -0.39 is 0 Å².